The zero-order valence-electron chi connectivity index (χ0n) is 14.5. The zero-order chi connectivity index (χ0) is 17.3. The first-order chi connectivity index (χ1) is 10.9. The van der Waals surface area contributed by atoms with Gasteiger partial charge in [0.2, 0.25) is 0 Å². The molecule has 0 unspecified atom stereocenters. The summed E-state index contributed by atoms with van der Waals surface area (Å²) in [7, 11) is 0. The molecule has 2 aromatic rings. The molecule has 0 N–H and O–H groups in total. The first-order valence-corrected chi connectivity index (χ1v) is 7.79. The summed E-state index contributed by atoms with van der Waals surface area (Å²) < 4.78 is 6.94. The molecule has 0 fully saturated rings. The van der Waals surface area contributed by atoms with Crippen LogP contribution in [0.25, 0.3) is 11.4 Å². The van der Waals surface area contributed by atoms with Gasteiger partial charge in [-0.05, 0) is 31.9 Å². The van der Waals surface area contributed by atoms with Crippen LogP contribution in [0.2, 0.25) is 0 Å². The summed E-state index contributed by atoms with van der Waals surface area (Å²) in [5.74, 6) is 0.400. The number of carbonyl (C=O) groups is 1. The monoisotopic (exact) mass is 317 g/mol. The summed E-state index contributed by atoms with van der Waals surface area (Å²) in [4.78, 5) is 20.0. The van der Waals surface area contributed by atoms with Crippen LogP contribution in [0.4, 0.5) is 0 Å². The Bertz CT molecular complexity index is 592. The van der Waals surface area contributed by atoms with Gasteiger partial charge in [0.1, 0.15) is 18.2 Å². The van der Waals surface area contributed by atoms with E-state index in [1.165, 1.54) is 0 Å². The van der Waals surface area contributed by atoms with Crippen LogP contribution >= 0.6 is 0 Å². The number of esters is 1. The van der Waals surface area contributed by atoms with Crippen molar-refractivity contribution in [3.63, 3.8) is 0 Å². The van der Waals surface area contributed by atoms with Crippen LogP contribution in [0.5, 0.6) is 0 Å². The lowest BCUT2D eigenvalue weighted by Crippen LogP contribution is -2.39. The minimum atomic E-state index is -0.455. The molecule has 0 saturated heterocycles. The fourth-order valence-electron chi connectivity index (χ4n) is 1.70. The fraction of sp³-hybridized carbons (Fsp3) is 0.471. The van der Waals surface area contributed by atoms with Crippen molar-refractivity contribution in [3.8, 4) is 11.4 Å². The highest BCUT2D eigenvalue weighted by Gasteiger charge is 2.18. The molecule has 23 heavy (non-hydrogen) atoms. The Hall–Kier alpha value is -2.37. The van der Waals surface area contributed by atoms with Gasteiger partial charge in [-0.15, -0.1) is 0 Å². The first-order valence-electron chi connectivity index (χ1n) is 7.79. The lowest BCUT2D eigenvalue weighted by molar-refractivity contribution is -0.753. The molecule has 0 bridgehead atoms. The number of carbonyl (C=O) groups excluding carboxylic acids is 1. The SMILES string of the molecule is CC.CC(C)(C)OC(=O)CC[n+]1ccc(-c2ncccn2)cn1. The second kappa shape index (κ2) is 8.92. The average Bonchev–Trinajstić information content (AvgIpc) is 2.55. The molecule has 0 aliphatic heterocycles. The predicted octanol–water partition coefficient (Wildman–Crippen LogP) is 2.58. The molecule has 0 aliphatic rings. The van der Waals surface area contributed by atoms with E-state index in [4.69, 9.17) is 4.74 Å². The third kappa shape index (κ3) is 6.95. The van der Waals surface area contributed by atoms with Crippen LogP contribution in [-0.2, 0) is 16.1 Å². The summed E-state index contributed by atoms with van der Waals surface area (Å²) >= 11 is 0. The number of aryl methyl sites for hydroxylation is 1. The van der Waals surface area contributed by atoms with E-state index < -0.39 is 5.60 Å². The molecule has 0 atom stereocenters. The fourth-order valence-corrected chi connectivity index (χ4v) is 1.70. The molecule has 0 aliphatic carbocycles. The number of ether oxygens (including phenoxy) is 1. The topological polar surface area (TPSA) is 68.8 Å². The molecular formula is C17H25N4O2+. The number of aromatic nitrogens is 4. The van der Waals surface area contributed by atoms with E-state index in [1.54, 1.807) is 35.5 Å². The third-order valence-corrected chi connectivity index (χ3v) is 2.56. The van der Waals surface area contributed by atoms with Gasteiger partial charge in [-0.1, -0.05) is 18.5 Å². The van der Waals surface area contributed by atoms with E-state index >= 15 is 0 Å². The van der Waals surface area contributed by atoms with Crippen molar-refractivity contribution in [1.82, 2.24) is 15.1 Å². The van der Waals surface area contributed by atoms with Crippen LogP contribution in [0.1, 0.15) is 41.0 Å². The summed E-state index contributed by atoms with van der Waals surface area (Å²) in [6, 6.07) is 3.64. The minimum absolute atomic E-state index is 0.229. The maximum absolute atomic E-state index is 11.6. The molecule has 6 nitrogen and oxygen atoms in total. The molecule has 2 aromatic heterocycles. The summed E-state index contributed by atoms with van der Waals surface area (Å²) in [5.41, 5.74) is 0.382. The van der Waals surface area contributed by atoms with Crippen molar-refractivity contribution >= 4 is 5.97 Å². The largest absolute Gasteiger partial charge is 0.460 e. The number of nitrogens with zero attached hydrogens (tertiary/aromatic N) is 4. The van der Waals surface area contributed by atoms with Gasteiger partial charge in [-0.2, -0.15) is 0 Å². The first kappa shape index (κ1) is 18.7. The Morgan fingerprint density at radius 3 is 2.39 bits per heavy atom. The van der Waals surface area contributed by atoms with E-state index in [0.29, 0.717) is 12.4 Å². The van der Waals surface area contributed by atoms with Crippen LogP contribution in [0, 0.1) is 0 Å². The summed E-state index contributed by atoms with van der Waals surface area (Å²) in [6.07, 6.45) is 7.15. The van der Waals surface area contributed by atoms with E-state index in [2.05, 4.69) is 15.1 Å². The van der Waals surface area contributed by atoms with Crippen LogP contribution in [-0.4, -0.2) is 26.6 Å². The van der Waals surface area contributed by atoms with E-state index in [0.717, 1.165) is 5.56 Å². The number of hydrogen-bond donors (Lipinski definition) is 0. The van der Waals surface area contributed by atoms with E-state index in [1.807, 2.05) is 40.7 Å². The highest BCUT2D eigenvalue weighted by molar-refractivity contribution is 5.69. The Morgan fingerprint density at radius 1 is 1.22 bits per heavy atom. The Morgan fingerprint density at radius 2 is 1.87 bits per heavy atom. The van der Waals surface area contributed by atoms with Crippen molar-refractivity contribution in [1.29, 1.82) is 0 Å². The van der Waals surface area contributed by atoms with E-state index in [-0.39, 0.29) is 12.4 Å². The molecule has 124 valence electrons. The van der Waals surface area contributed by atoms with Crippen molar-refractivity contribution in [2.75, 3.05) is 0 Å². The lowest BCUT2D eigenvalue weighted by Gasteiger charge is -2.18. The lowest BCUT2D eigenvalue weighted by atomic mass is 10.2. The number of rotatable bonds is 4. The van der Waals surface area contributed by atoms with Crippen molar-refractivity contribution in [2.45, 2.75) is 53.2 Å². The Kier molecular flexibility index (Phi) is 7.25. The van der Waals surface area contributed by atoms with Gasteiger partial charge in [0, 0.05) is 24.0 Å². The molecule has 0 spiro atoms. The molecule has 0 saturated carbocycles. The van der Waals surface area contributed by atoms with Gasteiger partial charge in [-0.25, -0.2) is 9.97 Å². The van der Waals surface area contributed by atoms with Gasteiger partial charge in [0.25, 0.3) is 0 Å². The van der Waals surface area contributed by atoms with E-state index in [9.17, 15) is 4.79 Å². The van der Waals surface area contributed by atoms with Gasteiger partial charge in [0.05, 0.1) is 0 Å². The third-order valence-electron chi connectivity index (χ3n) is 2.56. The smallest absolute Gasteiger partial charge is 0.312 e. The highest BCUT2D eigenvalue weighted by atomic mass is 16.6. The van der Waals surface area contributed by atoms with Gasteiger partial charge in [0.15, 0.2) is 18.6 Å². The zero-order valence-corrected chi connectivity index (χ0v) is 14.5. The van der Waals surface area contributed by atoms with Crippen LogP contribution < -0.4 is 4.68 Å². The maximum atomic E-state index is 11.6. The van der Waals surface area contributed by atoms with Gasteiger partial charge >= 0.3 is 5.97 Å². The molecular weight excluding hydrogens is 292 g/mol. The summed E-state index contributed by atoms with van der Waals surface area (Å²) in [6.45, 7) is 10.0. The van der Waals surface area contributed by atoms with Gasteiger partial charge < -0.3 is 4.74 Å². The maximum Gasteiger partial charge on any atom is 0.312 e. The van der Waals surface area contributed by atoms with Gasteiger partial charge in [-0.3, -0.25) is 4.79 Å². The molecule has 0 radical (unpaired) electrons. The van der Waals surface area contributed by atoms with Crippen molar-refractivity contribution in [3.05, 3.63) is 36.9 Å². The minimum Gasteiger partial charge on any atom is -0.460 e. The Labute approximate surface area is 137 Å². The molecule has 2 rings (SSSR count). The normalized spacial score (nSPS) is 10.5. The molecule has 0 amide bonds. The second-order valence-corrected chi connectivity index (χ2v) is 5.59. The van der Waals surface area contributed by atoms with Crippen LogP contribution in [0.15, 0.2) is 36.9 Å². The average molecular weight is 317 g/mol. The second-order valence-electron chi connectivity index (χ2n) is 5.59. The quantitative estimate of drug-likeness (QED) is 0.640. The standard InChI is InChI=1S/C15H19N4O2.C2H6/c1-15(2,3)21-13(20)6-10-19-9-5-12(11-18-19)14-16-7-4-8-17-14;1-2/h4-5,7-9,11H,6,10H2,1-3H3;1-2H3/q+1;. The highest BCUT2D eigenvalue weighted by Crippen LogP contribution is 2.10. The Balaban J connectivity index is 0.00000127. The van der Waals surface area contributed by atoms with Crippen molar-refractivity contribution in [2.24, 2.45) is 0 Å². The molecule has 2 heterocycles. The molecule has 0 aromatic carbocycles. The molecule has 6 heteroatoms. The predicted molar refractivity (Wildman–Crippen MR) is 87.3 cm³/mol. The van der Waals surface area contributed by atoms with Crippen molar-refractivity contribution < 1.29 is 14.2 Å². The number of hydrogen-bond acceptors (Lipinski definition) is 5. The summed E-state index contributed by atoms with van der Waals surface area (Å²) in [5, 5.41) is 4.25. The van der Waals surface area contributed by atoms with Crippen LogP contribution in [0.3, 0.4) is 0 Å².